The predicted molar refractivity (Wildman–Crippen MR) is 172 cm³/mol. The molecule has 0 spiro atoms. The number of aromatic nitrogens is 2. The number of hydrogen-bond acceptors (Lipinski definition) is 13. The van der Waals surface area contributed by atoms with Crippen molar-refractivity contribution >= 4 is 45.0 Å². The van der Waals surface area contributed by atoms with Crippen LogP contribution < -0.4 is 5.32 Å². The fourth-order valence-electron chi connectivity index (χ4n) is 5.28. The van der Waals surface area contributed by atoms with Crippen LogP contribution in [-0.2, 0) is 46.1 Å². The lowest BCUT2D eigenvalue weighted by atomic mass is 10.1. The van der Waals surface area contributed by atoms with Gasteiger partial charge in [0.1, 0.15) is 6.04 Å². The lowest BCUT2D eigenvalue weighted by Gasteiger charge is -2.35. The Kier molecular flexibility index (Phi) is 16.7. The zero-order chi connectivity index (χ0) is 38.6. The maximum atomic E-state index is 12.7. The minimum absolute atomic E-state index is 0.0352. The second-order valence-electron chi connectivity index (χ2n) is 11.9. The zero-order valence-electron chi connectivity index (χ0n) is 27.5. The summed E-state index contributed by atoms with van der Waals surface area (Å²) in [6.07, 6.45) is 1.74. The van der Waals surface area contributed by atoms with Gasteiger partial charge in [0.2, 0.25) is 5.91 Å². The van der Waals surface area contributed by atoms with Gasteiger partial charge in [-0.1, -0.05) is 0 Å². The fraction of sp³-hybridized carbons (Fsp3) is 0.692. The third kappa shape index (κ3) is 14.7. The van der Waals surface area contributed by atoms with Crippen molar-refractivity contribution in [1.82, 2.24) is 34.5 Å². The summed E-state index contributed by atoms with van der Waals surface area (Å²) >= 11 is 0. The second-order valence-corrected chi connectivity index (χ2v) is 15.9. The summed E-state index contributed by atoms with van der Waals surface area (Å²) in [6, 6.07) is -1.22. The van der Waals surface area contributed by atoms with E-state index in [1.807, 2.05) is 0 Å². The number of nitrogens with zero attached hydrogens (tertiary/aromatic N) is 6. The number of aliphatic carboxylic acids is 4. The second kappa shape index (κ2) is 19.5. The van der Waals surface area contributed by atoms with Crippen LogP contribution in [0.5, 0.6) is 0 Å². The van der Waals surface area contributed by atoms with E-state index in [2.05, 4.69) is 10.3 Å². The summed E-state index contributed by atoms with van der Waals surface area (Å²) < 4.78 is 24.1. The molecule has 1 unspecified atom stereocenters. The first-order chi connectivity index (χ1) is 23.6. The van der Waals surface area contributed by atoms with Crippen molar-refractivity contribution in [2.24, 2.45) is 0 Å². The third-order valence-electron chi connectivity index (χ3n) is 8.04. The normalized spacial score (nSPS) is 17.6. The number of aliphatic hydroxyl groups is 1. The van der Waals surface area contributed by atoms with Gasteiger partial charge in [0.05, 0.1) is 38.2 Å². The number of carboxylic acids is 4. The molecule has 290 valence electrons. The van der Waals surface area contributed by atoms with Crippen molar-refractivity contribution < 1.29 is 78.2 Å². The molecule has 1 aliphatic rings. The summed E-state index contributed by atoms with van der Waals surface area (Å²) in [5.41, 5.74) is 0.222. The van der Waals surface area contributed by atoms with Gasteiger partial charge in [0, 0.05) is 77.9 Å². The smallest absolute Gasteiger partial charge is 0.371 e. The van der Waals surface area contributed by atoms with E-state index in [-0.39, 0.29) is 90.4 Å². The SMILES string of the molecule is O=C(O)CN1CCN(CC(=O)O)CCN(C(CCC(=O)NCCc2cn(CC(O)(P(=O)(O)O)P(=O)(O)O)cn2)C(=O)O)CCN(CC(=O)O)CC1. The van der Waals surface area contributed by atoms with E-state index in [9.17, 15) is 78.2 Å². The predicted octanol–water partition coefficient (Wildman–Crippen LogP) is -3.75. The number of carbonyl (C=O) groups excluding carboxylic acids is 1. The van der Waals surface area contributed by atoms with Crippen LogP contribution in [-0.4, -0.2) is 194 Å². The van der Waals surface area contributed by atoms with E-state index in [4.69, 9.17) is 0 Å². The number of imidazole rings is 1. The van der Waals surface area contributed by atoms with Crippen LogP contribution in [0.25, 0.3) is 0 Å². The molecule has 1 amide bonds. The molecule has 0 aliphatic carbocycles. The minimum Gasteiger partial charge on any atom is -0.480 e. The number of rotatable bonds is 18. The highest BCUT2D eigenvalue weighted by Gasteiger charge is 2.59. The molecule has 1 aliphatic heterocycles. The maximum absolute atomic E-state index is 12.7. The molecule has 1 aromatic heterocycles. The van der Waals surface area contributed by atoms with Crippen LogP contribution >= 0.6 is 15.2 Å². The average molecular weight is 774 g/mol. The Morgan fingerprint density at radius 1 is 0.765 bits per heavy atom. The molecule has 0 saturated carbocycles. The Morgan fingerprint density at radius 3 is 1.59 bits per heavy atom. The van der Waals surface area contributed by atoms with Gasteiger partial charge in [0.25, 0.3) is 5.08 Å². The molecule has 0 radical (unpaired) electrons. The zero-order valence-corrected chi connectivity index (χ0v) is 29.3. The standard InChI is InChI=1S/C26H45N7O16P2/c34-21(27-4-3-19-13-32(18-28-19)17-26(43,50(44,45)46)51(47,48)49)2-1-20(25(41)42)33-11-9-30(15-23(37)38)7-5-29(14-22(35)36)6-8-31(10-12-33)16-24(39)40/h13,18,20,43H,1-12,14-17H2,(H,27,34)(H,35,36)(H,37,38)(H,39,40)(H,41,42)(H2,44,45,46)(H2,47,48,49). The van der Waals surface area contributed by atoms with E-state index in [1.165, 1.54) is 14.7 Å². The largest absolute Gasteiger partial charge is 0.480 e. The van der Waals surface area contributed by atoms with Crippen LogP contribution in [0.2, 0.25) is 0 Å². The first-order valence-electron chi connectivity index (χ1n) is 15.5. The highest BCUT2D eigenvalue weighted by Crippen LogP contribution is 2.68. The van der Waals surface area contributed by atoms with Crippen molar-refractivity contribution in [3.8, 4) is 0 Å². The van der Waals surface area contributed by atoms with Crippen LogP contribution in [0.3, 0.4) is 0 Å². The number of carboxylic acid groups (broad SMARTS) is 4. The van der Waals surface area contributed by atoms with Gasteiger partial charge in [0.15, 0.2) is 0 Å². The molecule has 0 aromatic carbocycles. The fourth-order valence-corrected chi connectivity index (χ4v) is 7.33. The van der Waals surface area contributed by atoms with Crippen molar-refractivity contribution in [1.29, 1.82) is 0 Å². The highest BCUT2D eigenvalue weighted by atomic mass is 31.2. The monoisotopic (exact) mass is 773 g/mol. The molecule has 1 saturated heterocycles. The van der Waals surface area contributed by atoms with Crippen LogP contribution in [0.4, 0.5) is 0 Å². The average Bonchev–Trinajstić information content (AvgIpc) is 3.42. The first-order valence-corrected chi connectivity index (χ1v) is 18.7. The topological polar surface area (TPSA) is 344 Å². The minimum atomic E-state index is -5.70. The summed E-state index contributed by atoms with van der Waals surface area (Å²) in [6.45, 7) is -1.53. The Labute approximate surface area is 291 Å². The lowest BCUT2D eigenvalue weighted by Crippen LogP contribution is -2.52. The van der Waals surface area contributed by atoms with Crippen molar-refractivity contribution in [3.63, 3.8) is 0 Å². The molecule has 23 nitrogen and oxygen atoms in total. The molecule has 2 rings (SSSR count). The van der Waals surface area contributed by atoms with E-state index in [0.29, 0.717) is 0 Å². The molecular weight excluding hydrogens is 728 g/mol. The Bertz CT molecular complexity index is 1410. The number of amides is 1. The Balaban J connectivity index is 2.08. The van der Waals surface area contributed by atoms with Gasteiger partial charge in [-0.15, -0.1) is 0 Å². The van der Waals surface area contributed by atoms with Crippen molar-refractivity contribution in [2.45, 2.75) is 36.9 Å². The summed E-state index contributed by atoms with van der Waals surface area (Å²) in [7, 11) is -11.4. The number of nitrogens with one attached hydrogen (secondary N) is 1. The molecule has 0 bridgehead atoms. The van der Waals surface area contributed by atoms with Crippen molar-refractivity contribution in [3.05, 3.63) is 18.2 Å². The molecular formula is C26H45N7O16P2. The Morgan fingerprint density at radius 2 is 1.20 bits per heavy atom. The summed E-state index contributed by atoms with van der Waals surface area (Å²) in [5, 5.41) is 47.2. The van der Waals surface area contributed by atoms with Gasteiger partial charge >= 0.3 is 39.1 Å². The first kappa shape index (κ1) is 43.8. The molecule has 1 fully saturated rings. The maximum Gasteiger partial charge on any atom is 0.371 e. The molecule has 25 heteroatoms. The van der Waals surface area contributed by atoms with Crippen LogP contribution in [0, 0.1) is 0 Å². The molecule has 1 atom stereocenters. The Hall–Kier alpha value is -3.34. The van der Waals surface area contributed by atoms with Gasteiger partial charge in [-0.2, -0.15) is 0 Å². The van der Waals surface area contributed by atoms with E-state index < -0.39 is 75.7 Å². The summed E-state index contributed by atoms with van der Waals surface area (Å²) in [5.74, 6) is -5.22. The van der Waals surface area contributed by atoms with E-state index in [1.54, 1.807) is 4.90 Å². The van der Waals surface area contributed by atoms with Gasteiger partial charge in [-0.25, -0.2) is 4.98 Å². The van der Waals surface area contributed by atoms with E-state index in [0.717, 1.165) is 17.1 Å². The van der Waals surface area contributed by atoms with Crippen LogP contribution in [0.1, 0.15) is 18.5 Å². The quantitative estimate of drug-likeness (QED) is 0.0641. The van der Waals surface area contributed by atoms with Crippen molar-refractivity contribution in [2.75, 3.05) is 78.5 Å². The van der Waals surface area contributed by atoms with Gasteiger partial charge in [-0.05, 0) is 6.42 Å². The number of hydrogen-bond donors (Lipinski definition) is 10. The third-order valence-corrected chi connectivity index (χ3v) is 11.7. The van der Waals surface area contributed by atoms with E-state index >= 15 is 0 Å². The molecule has 51 heavy (non-hydrogen) atoms. The molecule has 1 aromatic rings. The lowest BCUT2D eigenvalue weighted by molar-refractivity contribution is -0.145. The number of carbonyl (C=O) groups is 5. The molecule has 10 N–H and O–H groups in total. The molecule has 2 heterocycles. The van der Waals surface area contributed by atoms with Gasteiger partial charge in [-0.3, -0.25) is 52.7 Å². The summed E-state index contributed by atoms with van der Waals surface area (Å²) in [4.78, 5) is 107. The highest BCUT2D eigenvalue weighted by molar-refractivity contribution is 7.72. The van der Waals surface area contributed by atoms with Crippen LogP contribution in [0.15, 0.2) is 12.5 Å². The van der Waals surface area contributed by atoms with Gasteiger partial charge < -0.3 is 55.0 Å².